The van der Waals surface area contributed by atoms with Crippen LogP contribution in [0.2, 0.25) is 0 Å². The van der Waals surface area contributed by atoms with Gasteiger partial charge in [-0.1, -0.05) is 0 Å². The van der Waals surface area contributed by atoms with E-state index in [4.69, 9.17) is 8.14 Å². The van der Waals surface area contributed by atoms with Gasteiger partial charge in [0.05, 0.1) is 0 Å². The van der Waals surface area contributed by atoms with E-state index in [1.165, 1.54) is 33.5 Å². The average Bonchev–Trinajstić information content (AvgIpc) is 3.13. The summed E-state index contributed by atoms with van der Waals surface area (Å²) in [4.78, 5) is 5.30. The molecule has 0 bridgehead atoms. The summed E-state index contributed by atoms with van der Waals surface area (Å²) in [5.74, 6) is 1.18. The second-order valence-electron chi connectivity index (χ2n) is 10.2. The molecule has 1 atom stereocenters. The molecular formula is C33H36Cl2OSiTi. The van der Waals surface area contributed by atoms with Crippen LogP contribution in [0, 0.1) is 5.92 Å². The standard InChI is InChI=1S/C12H10O.C8H13Si.2C6H5.CH2.2ClH.Ti/c13-12-8-4-7-11(9-12)10-5-2-1-3-6-10;1-5-4-8(9)7(3)6(5)2;2*1-2-4-6-5-3-1;;;;/h1-9,13H;5H,1-3,9H3;2*1-5H;1H2;2*1H;/q;;;;;;;+1/p-1. The van der Waals surface area contributed by atoms with Crippen LogP contribution >= 0.6 is 24.8 Å². The van der Waals surface area contributed by atoms with Gasteiger partial charge in [0.15, 0.2) is 0 Å². The number of benzene rings is 4. The molecule has 196 valence electrons. The molecule has 4 aromatic rings. The summed E-state index contributed by atoms with van der Waals surface area (Å²) in [6.45, 7) is 6.92. The van der Waals surface area contributed by atoms with Crippen molar-refractivity contribution in [3.8, 4) is 16.9 Å². The molecule has 5 rings (SSSR count). The van der Waals surface area contributed by atoms with Gasteiger partial charge in [0, 0.05) is 0 Å². The molecule has 0 aromatic heterocycles. The molecule has 0 fully saturated rings. The summed E-state index contributed by atoms with van der Waals surface area (Å²) in [6, 6.07) is 40.8. The van der Waals surface area contributed by atoms with Gasteiger partial charge in [-0.3, -0.25) is 0 Å². The first kappa shape index (κ1) is 30.1. The molecule has 5 heteroatoms. The topological polar surface area (TPSA) is 9.23 Å². The Morgan fingerprint density at radius 1 is 0.684 bits per heavy atom. The Morgan fingerprint density at radius 3 is 1.63 bits per heavy atom. The van der Waals surface area contributed by atoms with E-state index in [1.807, 2.05) is 0 Å². The zero-order chi connectivity index (χ0) is 25.4. The van der Waals surface area contributed by atoms with Gasteiger partial charge >= 0.3 is 220 Å². The maximum absolute atomic E-state index is 7.56. The number of allylic oxidation sites excluding steroid dienone is 4. The third kappa shape index (κ3) is 4.85. The molecule has 4 aromatic carbocycles. The molecule has 1 unspecified atom stereocenters. The van der Waals surface area contributed by atoms with Crippen LogP contribution in [-0.2, 0) is 15.2 Å². The second kappa shape index (κ2) is 11.7. The van der Waals surface area contributed by atoms with Crippen LogP contribution in [0.15, 0.2) is 135 Å². The molecule has 0 amide bonds. The van der Waals surface area contributed by atoms with Gasteiger partial charge in [-0.2, -0.15) is 0 Å². The van der Waals surface area contributed by atoms with Crippen LogP contribution < -0.4 is 11.1 Å². The van der Waals surface area contributed by atoms with E-state index in [2.05, 4.69) is 136 Å². The fourth-order valence-corrected chi connectivity index (χ4v) is 18.2. The quantitative estimate of drug-likeness (QED) is 0.222. The first-order valence-corrected chi connectivity index (χ1v) is 17.8. The molecule has 1 aliphatic carbocycles. The molecule has 0 spiro atoms. The van der Waals surface area contributed by atoms with Crippen LogP contribution in [0.25, 0.3) is 11.1 Å². The predicted octanol–water partition coefficient (Wildman–Crippen LogP) is 6.83. The minimum atomic E-state index is -4.58. The van der Waals surface area contributed by atoms with E-state index in [1.54, 1.807) is 0 Å². The van der Waals surface area contributed by atoms with Crippen molar-refractivity contribution in [3.05, 3.63) is 135 Å². The second-order valence-corrected chi connectivity index (χ2v) is 18.3. The van der Waals surface area contributed by atoms with Crippen molar-refractivity contribution < 1.29 is 18.5 Å². The number of halogens is 2. The Balaban J connectivity index is 0.00000200. The molecule has 0 saturated heterocycles. The number of hydrogen-bond acceptors (Lipinski definition) is 1. The molecule has 38 heavy (non-hydrogen) atoms. The Hall–Kier alpha value is -2.46. The molecular weight excluding hydrogens is 559 g/mol. The summed E-state index contributed by atoms with van der Waals surface area (Å²) in [6.07, 6.45) is 0. The number of hydrogen-bond donors (Lipinski definition) is 0. The van der Waals surface area contributed by atoms with Crippen molar-refractivity contribution in [2.24, 2.45) is 5.92 Å². The van der Waals surface area contributed by atoms with Crippen LogP contribution in [-0.4, -0.2) is 15.1 Å². The Labute approximate surface area is 243 Å². The molecule has 0 saturated carbocycles. The zero-order valence-corrected chi connectivity index (χ0v) is 27.7. The molecule has 0 radical (unpaired) electrons. The van der Waals surface area contributed by atoms with Gasteiger partial charge in [0.1, 0.15) is 0 Å². The molecule has 0 N–H and O–H groups in total. The average molecular weight is 596 g/mol. The molecule has 1 aliphatic rings. The van der Waals surface area contributed by atoms with Crippen molar-refractivity contribution in [1.82, 2.24) is 0 Å². The fraction of sp³-hybridized carbons (Fsp3) is 0.121. The molecule has 0 heterocycles. The monoisotopic (exact) mass is 594 g/mol. The number of rotatable bonds is 6. The van der Waals surface area contributed by atoms with E-state index >= 15 is 0 Å². The normalized spacial score (nSPS) is 15.6. The predicted molar refractivity (Wildman–Crippen MR) is 171 cm³/mol. The Bertz CT molecular complexity index is 1500. The summed E-state index contributed by atoms with van der Waals surface area (Å²) < 4.78 is 11.5. The van der Waals surface area contributed by atoms with Gasteiger partial charge in [-0.25, -0.2) is 0 Å². The van der Waals surface area contributed by atoms with Gasteiger partial charge < -0.3 is 0 Å². The SMILES string of the molecule is Cl.Cl.[CH2]=[Ti]([O]c1cccc(-c2ccccc2)c1)([C]1=C([SiH3])C(C)=C(C)C1C)([c]1ccccc1)[c]1ccccc1. The molecule has 0 aliphatic heterocycles. The van der Waals surface area contributed by atoms with E-state index < -0.39 is 15.2 Å². The van der Waals surface area contributed by atoms with E-state index in [0.29, 0.717) is 5.92 Å². The van der Waals surface area contributed by atoms with E-state index in [-0.39, 0.29) is 24.8 Å². The summed E-state index contributed by atoms with van der Waals surface area (Å²) in [5, 5.41) is 1.47. The van der Waals surface area contributed by atoms with Gasteiger partial charge in [-0.15, -0.1) is 24.8 Å². The zero-order valence-electron chi connectivity index (χ0n) is 22.5. The van der Waals surface area contributed by atoms with Crippen LogP contribution in [0.4, 0.5) is 0 Å². The maximum atomic E-state index is 7.56. The Morgan fingerprint density at radius 2 is 1.16 bits per heavy atom. The van der Waals surface area contributed by atoms with E-state index in [9.17, 15) is 0 Å². The fourth-order valence-electron chi connectivity index (χ4n) is 6.08. The first-order valence-electron chi connectivity index (χ1n) is 12.7. The van der Waals surface area contributed by atoms with Crippen molar-refractivity contribution in [2.75, 3.05) is 0 Å². The van der Waals surface area contributed by atoms with Gasteiger partial charge in [0.2, 0.25) is 0 Å². The van der Waals surface area contributed by atoms with Crippen molar-refractivity contribution in [3.63, 3.8) is 0 Å². The first-order chi connectivity index (χ1) is 17.3. The van der Waals surface area contributed by atoms with Crippen molar-refractivity contribution >= 4 is 47.6 Å². The molecule has 1 nitrogen and oxygen atoms in total. The minimum absolute atomic E-state index is 0. The van der Waals surface area contributed by atoms with Crippen molar-refractivity contribution in [1.29, 1.82) is 0 Å². The third-order valence-corrected chi connectivity index (χ3v) is 19.3. The van der Waals surface area contributed by atoms with Crippen LogP contribution in [0.5, 0.6) is 5.75 Å². The van der Waals surface area contributed by atoms with Crippen LogP contribution in [0.1, 0.15) is 20.8 Å². The summed E-state index contributed by atoms with van der Waals surface area (Å²) in [7, 11) is 0.957. The van der Waals surface area contributed by atoms with Crippen molar-refractivity contribution in [2.45, 2.75) is 20.8 Å². The summed E-state index contributed by atoms with van der Waals surface area (Å²) in [5.41, 5.74) is 5.21. The third-order valence-electron chi connectivity index (χ3n) is 8.26. The van der Waals surface area contributed by atoms with Gasteiger partial charge in [-0.05, 0) is 0 Å². The van der Waals surface area contributed by atoms with Crippen LogP contribution in [0.3, 0.4) is 0 Å². The Kier molecular flexibility index (Phi) is 9.29. The van der Waals surface area contributed by atoms with Gasteiger partial charge in [0.25, 0.3) is 0 Å². The summed E-state index contributed by atoms with van der Waals surface area (Å²) >= 11 is -4.58. The van der Waals surface area contributed by atoms with E-state index in [0.717, 1.165) is 21.6 Å².